The number of nitrogens with zero attached hydrogens (tertiary/aromatic N) is 1. The Labute approximate surface area is 103 Å². The molecule has 0 aromatic carbocycles. The van der Waals surface area contributed by atoms with E-state index in [9.17, 15) is 13.5 Å². The third kappa shape index (κ3) is 3.64. The molecule has 2 saturated heterocycles. The Morgan fingerprint density at radius 1 is 1.35 bits per heavy atom. The first kappa shape index (κ1) is 13.3. The van der Waals surface area contributed by atoms with Crippen molar-refractivity contribution in [1.82, 2.24) is 4.90 Å². The lowest BCUT2D eigenvalue weighted by molar-refractivity contribution is 0.0197. The average molecular weight is 263 g/mol. The highest BCUT2D eigenvalue weighted by Gasteiger charge is 2.34. The molecule has 1 N–H and O–H groups in total. The largest absolute Gasteiger partial charge is 0.396 e. The lowest BCUT2D eigenvalue weighted by atomic mass is 9.92. The van der Waals surface area contributed by atoms with E-state index in [0.29, 0.717) is 6.42 Å². The van der Waals surface area contributed by atoms with E-state index in [1.807, 2.05) is 0 Å². The van der Waals surface area contributed by atoms with E-state index in [-0.39, 0.29) is 29.9 Å². The number of hydrogen-bond donors (Lipinski definition) is 1. The van der Waals surface area contributed by atoms with Gasteiger partial charge in [-0.25, -0.2) is 8.42 Å². The van der Waals surface area contributed by atoms with Crippen LogP contribution in [0.5, 0.6) is 0 Å². The van der Waals surface area contributed by atoms with E-state index in [4.69, 9.17) is 4.74 Å². The third-order valence-corrected chi connectivity index (χ3v) is 5.56. The summed E-state index contributed by atoms with van der Waals surface area (Å²) in [5.41, 5.74) is 0. The Kier molecular flexibility index (Phi) is 4.41. The van der Waals surface area contributed by atoms with Gasteiger partial charge in [-0.05, 0) is 18.3 Å². The number of hydrogen-bond acceptors (Lipinski definition) is 5. The molecule has 2 aliphatic rings. The number of aliphatic hydroxyl groups is 1. The van der Waals surface area contributed by atoms with Gasteiger partial charge >= 0.3 is 0 Å². The van der Waals surface area contributed by atoms with Gasteiger partial charge in [0.25, 0.3) is 0 Å². The van der Waals surface area contributed by atoms with E-state index in [1.54, 1.807) is 0 Å². The van der Waals surface area contributed by atoms with Crippen LogP contribution in [0.2, 0.25) is 0 Å². The molecule has 2 atom stereocenters. The van der Waals surface area contributed by atoms with Gasteiger partial charge in [0.15, 0.2) is 9.84 Å². The molecule has 2 fully saturated rings. The number of aliphatic hydroxyl groups excluding tert-OH is 1. The van der Waals surface area contributed by atoms with Crippen LogP contribution in [0, 0.1) is 11.8 Å². The van der Waals surface area contributed by atoms with Gasteiger partial charge in [0.1, 0.15) is 0 Å². The Bertz CT molecular complexity index is 337. The van der Waals surface area contributed by atoms with Gasteiger partial charge in [-0.1, -0.05) is 0 Å². The summed E-state index contributed by atoms with van der Waals surface area (Å²) in [6.45, 7) is 4.12. The molecule has 2 aliphatic heterocycles. The first-order valence-corrected chi connectivity index (χ1v) is 8.04. The molecule has 0 saturated carbocycles. The van der Waals surface area contributed by atoms with Crippen LogP contribution >= 0.6 is 0 Å². The number of rotatable bonds is 4. The zero-order chi connectivity index (χ0) is 12.3. The first-order valence-electron chi connectivity index (χ1n) is 6.22. The molecular formula is C11H21NO4S. The van der Waals surface area contributed by atoms with Crippen LogP contribution in [0.15, 0.2) is 0 Å². The highest BCUT2D eigenvalue weighted by molar-refractivity contribution is 7.91. The summed E-state index contributed by atoms with van der Waals surface area (Å²) in [5, 5.41) is 9.43. The highest BCUT2D eigenvalue weighted by atomic mass is 32.2. The maximum atomic E-state index is 11.4. The fourth-order valence-corrected chi connectivity index (χ4v) is 4.59. The minimum Gasteiger partial charge on any atom is -0.396 e. The summed E-state index contributed by atoms with van der Waals surface area (Å²) in [7, 11) is -2.85. The quantitative estimate of drug-likeness (QED) is 0.731. The molecule has 0 radical (unpaired) electrons. The van der Waals surface area contributed by atoms with E-state index in [2.05, 4.69) is 4.90 Å². The van der Waals surface area contributed by atoms with E-state index in [0.717, 1.165) is 32.8 Å². The van der Waals surface area contributed by atoms with Crippen molar-refractivity contribution in [2.24, 2.45) is 11.8 Å². The minimum absolute atomic E-state index is 0.0809. The molecule has 0 bridgehead atoms. The molecule has 5 nitrogen and oxygen atoms in total. The van der Waals surface area contributed by atoms with Crippen LogP contribution in [0.1, 0.15) is 6.42 Å². The summed E-state index contributed by atoms with van der Waals surface area (Å²) in [6, 6.07) is 0. The van der Waals surface area contributed by atoms with Crippen LogP contribution in [0.4, 0.5) is 0 Å². The van der Waals surface area contributed by atoms with Crippen LogP contribution in [-0.2, 0) is 14.6 Å². The zero-order valence-corrected chi connectivity index (χ0v) is 10.9. The van der Waals surface area contributed by atoms with Crippen molar-refractivity contribution in [3.8, 4) is 0 Å². The van der Waals surface area contributed by atoms with Gasteiger partial charge in [-0.15, -0.1) is 0 Å². The standard InChI is InChI=1S/C11H21NO4S/c13-8-11(7-12-2-4-16-5-3-12)10-1-6-17(14,15)9-10/h10-11,13H,1-9H2. The fraction of sp³-hybridized carbons (Fsp3) is 1.00. The molecule has 2 unspecified atom stereocenters. The minimum atomic E-state index is -2.85. The predicted molar refractivity (Wildman–Crippen MR) is 64.6 cm³/mol. The SMILES string of the molecule is O=S1(=O)CCC(C(CO)CN2CCOCC2)C1. The highest BCUT2D eigenvalue weighted by Crippen LogP contribution is 2.26. The molecule has 2 heterocycles. The Balaban J connectivity index is 1.88. The molecule has 0 spiro atoms. The summed E-state index contributed by atoms with van der Waals surface area (Å²) in [6.07, 6.45) is 0.706. The van der Waals surface area contributed by atoms with Crippen LogP contribution in [0.25, 0.3) is 0 Å². The van der Waals surface area contributed by atoms with E-state index < -0.39 is 9.84 Å². The Morgan fingerprint density at radius 3 is 2.59 bits per heavy atom. The maximum Gasteiger partial charge on any atom is 0.150 e. The molecular weight excluding hydrogens is 242 g/mol. The molecule has 0 aromatic rings. The molecule has 0 aromatic heterocycles. The summed E-state index contributed by atoms with van der Waals surface area (Å²) in [4.78, 5) is 2.26. The first-order chi connectivity index (χ1) is 8.11. The molecule has 2 rings (SSSR count). The summed E-state index contributed by atoms with van der Waals surface area (Å²) >= 11 is 0. The second kappa shape index (κ2) is 5.65. The smallest absolute Gasteiger partial charge is 0.150 e. The second-order valence-corrected chi connectivity index (χ2v) is 7.25. The third-order valence-electron chi connectivity index (χ3n) is 3.77. The number of ether oxygens (including phenoxy) is 1. The van der Waals surface area contributed by atoms with Crippen LogP contribution in [0.3, 0.4) is 0 Å². The van der Waals surface area contributed by atoms with Crippen molar-refractivity contribution < 1.29 is 18.3 Å². The van der Waals surface area contributed by atoms with Crippen molar-refractivity contribution in [2.75, 3.05) is 51.0 Å². The molecule has 0 amide bonds. The Hall–Kier alpha value is -0.170. The average Bonchev–Trinajstić information content (AvgIpc) is 2.68. The summed E-state index contributed by atoms with van der Waals surface area (Å²) < 4.78 is 28.2. The monoisotopic (exact) mass is 263 g/mol. The van der Waals surface area contributed by atoms with Gasteiger partial charge in [0, 0.05) is 26.2 Å². The predicted octanol–water partition coefficient (Wildman–Crippen LogP) is -0.638. The lowest BCUT2D eigenvalue weighted by Gasteiger charge is -2.31. The van der Waals surface area contributed by atoms with Crippen LogP contribution < -0.4 is 0 Å². The van der Waals surface area contributed by atoms with Gasteiger partial charge < -0.3 is 9.84 Å². The van der Waals surface area contributed by atoms with Gasteiger partial charge in [-0.2, -0.15) is 0 Å². The van der Waals surface area contributed by atoms with Crippen molar-refractivity contribution in [1.29, 1.82) is 0 Å². The van der Waals surface area contributed by atoms with Crippen molar-refractivity contribution in [2.45, 2.75) is 6.42 Å². The van der Waals surface area contributed by atoms with Gasteiger partial charge in [0.2, 0.25) is 0 Å². The van der Waals surface area contributed by atoms with E-state index in [1.165, 1.54) is 0 Å². The topological polar surface area (TPSA) is 66.8 Å². The fourth-order valence-electron chi connectivity index (χ4n) is 2.67. The second-order valence-electron chi connectivity index (χ2n) is 5.02. The van der Waals surface area contributed by atoms with Crippen LogP contribution in [-0.4, -0.2) is 69.4 Å². The maximum absolute atomic E-state index is 11.4. The van der Waals surface area contributed by atoms with Gasteiger partial charge in [0.05, 0.1) is 24.7 Å². The zero-order valence-electron chi connectivity index (χ0n) is 10.0. The number of morpholine rings is 1. The molecule has 0 aliphatic carbocycles. The van der Waals surface area contributed by atoms with Crippen molar-refractivity contribution in [3.05, 3.63) is 0 Å². The lowest BCUT2D eigenvalue weighted by Crippen LogP contribution is -2.42. The summed E-state index contributed by atoms with van der Waals surface area (Å²) in [5.74, 6) is 0.762. The molecule has 17 heavy (non-hydrogen) atoms. The van der Waals surface area contributed by atoms with Crippen molar-refractivity contribution >= 4 is 9.84 Å². The Morgan fingerprint density at radius 2 is 2.06 bits per heavy atom. The van der Waals surface area contributed by atoms with Crippen molar-refractivity contribution in [3.63, 3.8) is 0 Å². The van der Waals surface area contributed by atoms with Gasteiger partial charge in [-0.3, -0.25) is 4.90 Å². The van der Waals surface area contributed by atoms with E-state index >= 15 is 0 Å². The number of sulfone groups is 1. The molecule has 6 heteroatoms. The normalized spacial score (nSPS) is 31.5. The molecule has 100 valence electrons.